The third kappa shape index (κ3) is 3.31. The number of nitrogens with zero attached hydrogens (tertiary/aromatic N) is 1. The number of hydrogen-bond donors (Lipinski definition) is 2. The van der Waals surface area contributed by atoms with Gasteiger partial charge in [-0.1, -0.05) is 13.0 Å². The maximum atomic E-state index is 12.5. The summed E-state index contributed by atoms with van der Waals surface area (Å²) in [7, 11) is 1.44. The molecule has 0 saturated carbocycles. The molecule has 0 radical (unpaired) electrons. The molecule has 1 unspecified atom stereocenters. The van der Waals surface area contributed by atoms with E-state index < -0.39 is 11.9 Å². The lowest BCUT2D eigenvalue weighted by Gasteiger charge is -2.28. The Bertz CT molecular complexity index is 833. The van der Waals surface area contributed by atoms with Crippen LogP contribution in [-0.4, -0.2) is 24.8 Å². The van der Waals surface area contributed by atoms with Crippen LogP contribution in [0, 0.1) is 11.3 Å². The highest BCUT2D eigenvalue weighted by Crippen LogP contribution is 2.46. The van der Waals surface area contributed by atoms with E-state index in [-0.39, 0.29) is 40.9 Å². The lowest BCUT2D eigenvalue weighted by molar-refractivity contribution is -0.139. The summed E-state index contributed by atoms with van der Waals surface area (Å²) in [4.78, 5) is 12.5. The van der Waals surface area contributed by atoms with E-state index in [9.17, 15) is 15.2 Å². The molecule has 1 aromatic carbocycles. The molecule has 1 heterocycles. The van der Waals surface area contributed by atoms with E-state index >= 15 is 0 Å². The fraction of sp³-hybridized carbons (Fsp3) is 0.368. The van der Waals surface area contributed by atoms with Gasteiger partial charge in [0, 0.05) is 5.56 Å². The molecule has 0 saturated heterocycles. The number of carbonyl (C=O) groups excluding carboxylic acids is 1. The predicted octanol–water partition coefficient (Wildman–Crippen LogP) is 2.61. The van der Waals surface area contributed by atoms with Gasteiger partial charge in [-0.25, -0.2) is 4.79 Å². The summed E-state index contributed by atoms with van der Waals surface area (Å²) in [5, 5.41) is 20.3. The van der Waals surface area contributed by atoms with Crippen LogP contribution in [0.1, 0.15) is 37.8 Å². The molecule has 0 spiro atoms. The van der Waals surface area contributed by atoms with Crippen LogP contribution in [0.2, 0.25) is 0 Å². The van der Waals surface area contributed by atoms with Crippen LogP contribution in [0.15, 0.2) is 34.9 Å². The van der Waals surface area contributed by atoms with Gasteiger partial charge in [-0.15, -0.1) is 0 Å². The van der Waals surface area contributed by atoms with Crippen molar-refractivity contribution >= 4 is 5.97 Å². The first kappa shape index (κ1) is 19.2. The Morgan fingerprint density at radius 1 is 1.42 bits per heavy atom. The molecule has 1 aliphatic rings. The quantitative estimate of drug-likeness (QED) is 0.777. The largest absolute Gasteiger partial charge is 0.504 e. The van der Waals surface area contributed by atoms with E-state index in [4.69, 9.17) is 19.9 Å². The van der Waals surface area contributed by atoms with Crippen molar-refractivity contribution in [1.29, 1.82) is 5.26 Å². The third-order valence-corrected chi connectivity index (χ3v) is 4.20. The van der Waals surface area contributed by atoms with E-state index in [0.29, 0.717) is 12.0 Å². The normalized spacial score (nSPS) is 16.8. The molecule has 0 aromatic heterocycles. The second-order valence-corrected chi connectivity index (χ2v) is 5.70. The third-order valence-electron chi connectivity index (χ3n) is 4.20. The number of carbonyl (C=O) groups is 1. The second-order valence-electron chi connectivity index (χ2n) is 5.70. The first-order valence-electron chi connectivity index (χ1n) is 8.24. The topological polar surface area (TPSA) is 115 Å². The number of methoxy groups -OCH3 is 1. The Morgan fingerprint density at radius 2 is 2.12 bits per heavy atom. The van der Waals surface area contributed by atoms with Gasteiger partial charge in [0.1, 0.15) is 17.4 Å². The van der Waals surface area contributed by atoms with Gasteiger partial charge in [0.15, 0.2) is 11.5 Å². The van der Waals surface area contributed by atoms with Gasteiger partial charge in [-0.3, -0.25) is 0 Å². The molecule has 0 fully saturated rings. The van der Waals surface area contributed by atoms with E-state index in [2.05, 4.69) is 0 Å². The number of aromatic hydroxyl groups is 1. The van der Waals surface area contributed by atoms with Crippen molar-refractivity contribution in [3.8, 4) is 17.6 Å². The van der Waals surface area contributed by atoms with Crippen LogP contribution in [0.3, 0.4) is 0 Å². The fourth-order valence-corrected chi connectivity index (χ4v) is 2.93. The highest BCUT2D eigenvalue weighted by molar-refractivity contribution is 5.93. The number of phenols is 1. The first-order chi connectivity index (χ1) is 12.4. The molecule has 26 heavy (non-hydrogen) atoms. The van der Waals surface area contributed by atoms with Crippen molar-refractivity contribution in [3.63, 3.8) is 0 Å². The van der Waals surface area contributed by atoms with Gasteiger partial charge in [-0.05, 0) is 31.9 Å². The molecule has 3 N–H and O–H groups in total. The molecule has 2 rings (SSSR count). The molecular weight excluding hydrogens is 336 g/mol. The number of aryl methyl sites for hydroxylation is 1. The Morgan fingerprint density at radius 3 is 2.65 bits per heavy atom. The minimum atomic E-state index is -0.909. The van der Waals surface area contributed by atoms with Crippen molar-refractivity contribution < 1.29 is 24.1 Å². The number of phenolic OH excluding ortho intramolecular Hbond substituents is 1. The maximum Gasteiger partial charge on any atom is 0.338 e. The van der Waals surface area contributed by atoms with Gasteiger partial charge in [0.25, 0.3) is 0 Å². The van der Waals surface area contributed by atoms with Gasteiger partial charge < -0.3 is 25.1 Å². The monoisotopic (exact) mass is 358 g/mol. The molecule has 7 heteroatoms. The van der Waals surface area contributed by atoms with Crippen molar-refractivity contribution in [3.05, 3.63) is 46.0 Å². The summed E-state index contributed by atoms with van der Waals surface area (Å²) >= 11 is 0. The lowest BCUT2D eigenvalue weighted by atomic mass is 9.81. The Labute approximate surface area is 152 Å². The van der Waals surface area contributed by atoms with Crippen molar-refractivity contribution in [1.82, 2.24) is 0 Å². The average molecular weight is 358 g/mol. The lowest BCUT2D eigenvalue weighted by Crippen LogP contribution is -2.25. The van der Waals surface area contributed by atoms with E-state index in [1.165, 1.54) is 7.11 Å². The maximum absolute atomic E-state index is 12.5. The molecule has 1 aromatic rings. The molecule has 1 aliphatic heterocycles. The second kappa shape index (κ2) is 7.83. The molecule has 0 bridgehead atoms. The summed E-state index contributed by atoms with van der Waals surface area (Å²) in [5.74, 6) is -1.33. The number of hydrogen-bond acceptors (Lipinski definition) is 7. The zero-order chi connectivity index (χ0) is 19.4. The number of rotatable bonds is 5. The molecule has 7 nitrogen and oxygen atoms in total. The zero-order valence-corrected chi connectivity index (χ0v) is 15.3. The smallest absolute Gasteiger partial charge is 0.338 e. The van der Waals surface area contributed by atoms with Gasteiger partial charge in [0.05, 0.1) is 25.2 Å². The summed E-state index contributed by atoms with van der Waals surface area (Å²) in [6, 6.07) is 5.42. The molecule has 1 atom stereocenters. The van der Waals surface area contributed by atoms with Crippen LogP contribution >= 0.6 is 0 Å². The molecule has 138 valence electrons. The van der Waals surface area contributed by atoms with E-state index in [0.717, 1.165) is 5.56 Å². The summed E-state index contributed by atoms with van der Waals surface area (Å²) in [6.07, 6.45) is 0.672. The van der Waals surface area contributed by atoms with Crippen LogP contribution in [-0.2, 0) is 20.7 Å². The van der Waals surface area contributed by atoms with Crippen molar-refractivity contribution in [2.45, 2.75) is 33.1 Å². The number of ether oxygens (including phenoxy) is 3. The number of benzene rings is 1. The predicted molar refractivity (Wildman–Crippen MR) is 94.0 cm³/mol. The molecule has 0 aliphatic carbocycles. The number of nitriles is 1. The fourth-order valence-electron chi connectivity index (χ4n) is 2.93. The zero-order valence-electron chi connectivity index (χ0n) is 15.3. The van der Waals surface area contributed by atoms with Crippen LogP contribution in [0.25, 0.3) is 0 Å². The van der Waals surface area contributed by atoms with E-state index in [1.54, 1.807) is 26.0 Å². The highest BCUT2D eigenvalue weighted by atomic mass is 16.5. The minimum absolute atomic E-state index is 0.0317. The van der Waals surface area contributed by atoms with Crippen LogP contribution < -0.4 is 10.5 Å². The number of nitrogens with two attached hydrogens (primary N) is 1. The van der Waals surface area contributed by atoms with Gasteiger partial charge >= 0.3 is 5.97 Å². The van der Waals surface area contributed by atoms with Crippen molar-refractivity contribution in [2.24, 2.45) is 5.73 Å². The van der Waals surface area contributed by atoms with Crippen LogP contribution in [0.5, 0.6) is 11.5 Å². The standard InChI is InChI=1S/C19H22N2O5/c1-5-11-7-12(17(22)14(8-11)24-4)16-13(9-20)18(21)26-10(3)15(16)19(23)25-6-2/h7-8,16,22H,5-6,21H2,1-4H3. The summed E-state index contributed by atoms with van der Waals surface area (Å²) in [6.45, 7) is 5.36. The van der Waals surface area contributed by atoms with Crippen molar-refractivity contribution in [2.75, 3.05) is 13.7 Å². The van der Waals surface area contributed by atoms with Crippen LogP contribution in [0.4, 0.5) is 0 Å². The van der Waals surface area contributed by atoms with Gasteiger partial charge in [0.2, 0.25) is 5.88 Å². The number of esters is 1. The summed E-state index contributed by atoms with van der Waals surface area (Å²) < 4.78 is 15.7. The highest BCUT2D eigenvalue weighted by Gasteiger charge is 2.38. The SMILES string of the molecule is CCOC(=O)C1=C(C)OC(N)=C(C#N)C1c1cc(CC)cc(OC)c1O. The minimum Gasteiger partial charge on any atom is -0.504 e. The van der Waals surface area contributed by atoms with Gasteiger partial charge in [-0.2, -0.15) is 5.26 Å². The Hall–Kier alpha value is -3.14. The molecule has 0 amide bonds. The molecular formula is C19H22N2O5. The summed E-state index contributed by atoms with van der Waals surface area (Å²) in [5.41, 5.74) is 7.24. The number of allylic oxidation sites excluding steroid dienone is 2. The Balaban J connectivity index is 2.78. The first-order valence-corrected chi connectivity index (χ1v) is 8.24. The van der Waals surface area contributed by atoms with E-state index in [1.807, 2.05) is 13.0 Å². The average Bonchev–Trinajstić information content (AvgIpc) is 2.61. The Kier molecular flexibility index (Phi) is 5.78.